The van der Waals surface area contributed by atoms with Gasteiger partial charge in [-0.25, -0.2) is 0 Å². The van der Waals surface area contributed by atoms with Crippen molar-refractivity contribution in [2.45, 2.75) is 144 Å². The molecule has 224 valence electrons. The summed E-state index contributed by atoms with van der Waals surface area (Å²) in [5.74, 6) is 1.71. The van der Waals surface area contributed by atoms with Gasteiger partial charge < -0.3 is 13.1 Å². The fraction of sp³-hybridized carbons (Fsp3) is 0.667. The van der Waals surface area contributed by atoms with E-state index in [1.165, 1.54) is 41.5 Å². The van der Waals surface area contributed by atoms with Gasteiger partial charge in [0.05, 0.1) is 12.0 Å². The van der Waals surface area contributed by atoms with Crippen LogP contribution < -0.4 is 4.74 Å². The van der Waals surface area contributed by atoms with Crippen LogP contribution in [-0.4, -0.2) is 6.61 Å². The third-order valence-corrected chi connectivity index (χ3v) is 8.41. The lowest BCUT2D eigenvalue weighted by atomic mass is 9.77. The molecule has 1 atom stereocenters. The Morgan fingerprint density at radius 1 is 0.650 bits per heavy atom. The second-order valence-corrected chi connectivity index (χ2v) is 16.9. The highest BCUT2D eigenvalue weighted by Gasteiger charge is 2.31. The number of hydrogen-bond acceptors (Lipinski definition) is 3. The lowest BCUT2D eigenvalue weighted by molar-refractivity contribution is 0.298. The molecule has 1 aromatic heterocycles. The van der Waals surface area contributed by atoms with E-state index >= 15 is 0 Å². The van der Waals surface area contributed by atoms with Crippen molar-refractivity contribution >= 4 is 30.6 Å². The molecule has 0 fully saturated rings. The predicted octanol–water partition coefficient (Wildman–Crippen LogP) is 12.1. The largest absolute Gasteiger partial charge is 0.492 e. The molecule has 0 aliphatic heterocycles. The Kier molecular flexibility index (Phi) is 9.63. The van der Waals surface area contributed by atoms with E-state index in [2.05, 4.69) is 115 Å². The first-order valence-electron chi connectivity index (χ1n) is 15.4. The van der Waals surface area contributed by atoms with Crippen LogP contribution in [0, 0.1) is 5.92 Å². The third kappa shape index (κ3) is 7.50. The van der Waals surface area contributed by atoms with Gasteiger partial charge in [0.2, 0.25) is 8.67 Å². The molecule has 3 rings (SSSR count). The summed E-state index contributed by atoms with van der Waals surface area (Å²) < 4.78 is 20.0. The minimum Gasteiger partial charge on any atom is -0.492 e. The molecule has 4 heteroatoms. The van der Waals surface area contributed by atoms with Gasteiger partial charge in [-0.2, -0.15) is 0 Å². The summed E-state index contributed by atoms with van der Waals surface area (Å²) in [4.78, 5) is 0. The Morgan fingerprint density at radius 3 is 1.73 bits per heavy atom. The molecular formula is C36H57O3P. The summed E-state index contributed by atoms with van der Waals surface area (Å²) in [5.41, 5.74) is 6.49. The molecule has 0 saturated carbocycles. The average Bonchev–Trinajstić information content (AvgIpc) is 2.97. The summed E-state index contributed by atoms with van der Waals surface area (Å²) in [6.07, 6.45) is 4.76. The standard InChI is InChI=1S/C36H57O3P/c1-23(2)18-16-15-17-19-37-31-27(35(9,10)11)22-28(36(12,13)14)32-29(31)25-20-24(33(3,4)5)21-26(34(6,7)8)30(25)38-40-39-32/h20-23,40H,15-19H2,1-14H3. The number of rotatable bonds is 7. The van der Waals surface area contributed by atoms with Crippen LogP contribution in [0.1, 0.15) is 145 Å². The Hall–Kier alpha value is -1.86. The molecule has 40 heavy (non-hydrogen) atoms. The SMILES string of the molecule is CC(C)CCCCCOc1c(C(C)(C)C)cc(C(C)(C)C)c2o[pH]oc3c(C(C)(C)C)cc(C(C)(C)C)cc3c12. The monoisotopic (exact) mass is 568 g/mol. The maximum absolute atomic E-state index is 6.87. The molecule has 3 nitrogen and oxygen atoms in total. The lowest BCUT2D eigenvalue weighted by Crippen LogP contribution is -2.19. The highest BCUT2D eigenvalue weighted by atomic mass is 31.1. The van der Waals surface area contributed by atoms with Gasteiger partial charge in [-0.1, -0.05) is 122 Å². The first-order valence-corrected chi connectivity index (χ1v) is 16.2. The van der Waals surface area contributed by atoms with E-state index in [1.807, 2.05) is 0 Å². The van der Waals surface area contributed by atoms with Gasteiger partial charge in [0.15, 0.2) is 0 Å². The van der Waals surface area contributed by atoms with E-state index < -0.39 is 0 Å². The van der Waals surface area contributed by atoms with Gasteiger partial charge in [-0.15, -0.1) is 0 Å². The molecule has 0 aliphatic rings. The maximum Gasteiger partial charge on any atom is 0.201 e. The van der Waals surface area contributed by atoms with E-state index in [4.69, 9.17) is 13.1 Å². The molecule has 3 aromatic rings. The highest BCUT2D eigenvalue weighted by molar-refractivity contribution is 7.15. The summed E-state index contributed by atoms with van der Waals surface area (Å²) in [6.45, 7) is 32.7. The zero-order chi connectivity index (χ0) is 30.3. The predicted molar refractivity (Wildman–Crippen MR) is 177 cm³/mol. The molecule has 0 N–H and O–H groups in total. The zero-order valence-electron chi connectivity index (χ0n) is 28.1. The van der Waals surface area contributed by atoms with E-state index in [-0.39, 0.29) is 30.3 Å². The van der Waals surface area contributed by atoms with E-state index in [9.17, 15) is 0 Å². The summed E-state index contributed by atoms with van der Waals surface area (Å²) >= 11 is 0. The van der Waals surface area contributed by atoms with Crippen molar-refractivity contribution in [1.29, 1.82) is 0 Å². The quantitative estimate of drug-likeness (QED) is 0.266. The van der Waals surface area contributed by atoms with Crippen LogP contribution in [0.5, 0.6) is 5.75 Å². The fourth-order valence-electron chi connectivity index (χ4n) is 5.29. The first-order chi connectivity index (χ1) is 18.2. The van der Waals surface area contributed by atoms with Crippen molar-refractivity contribution < 1.29 is 13.1 Å². The van der Waals surface area contributed by atoms with Gasteiger partial charge in [0.25, 0.3) is 0 Å². The van der Waals surface area contributed by atoms with Crippen LogP contribution in [-0.2, 0) is 21.7 Å². The molecule has 0 aliphatic carbocycles. The van der Waals surface area contributed by atoms with Crippen LogP contribution in [0.3, 0.4) is 0 Å². The number of unbranched alkanes of at least 4 members (excludes halogenated alkanes) is 2. The molecule has 0 spiro atoms. The average molecular weight is 569 g/mol. The number of ether oxygens (including phenoxy) is 1. The molecule has 0 bridgehead atoms. The number of benzene rings is 2. The van der Waals surface area contributed by atoms with Crippen molar-refractivity contribution in [3.8, 4) is 5.75 Å². The molecule has 2 aromatic carbocycles. The van der Waals surface area contributed by atoms with Crippen molar-refractivity contribution in [2.75, 3.05) is 6.61 Å². The van der Waals surface area contributed by atoms with Crippen molar-refractivity contribution in [2.24, 2.45) is 5.92 Å². The van der Waals surface area contributed by atoms with Crippen molar-refractivity contribution in [3.05, 3.63) is 40.5 Å². The van der Waals surface area contributed by atoms with Crippen molar-refractivity contribution in [1.82, 2.24) is 0 Å². The molecule has 0 radical (unpaired) electrons. The third-order valence-electron chi connectivity index (χ3n) is 7.84. The van der Waals surface area contributed by atoms with Gasteiger partial charge in [-0.3, -0.25) is 0 Å². The normalized spacial score (nSPS) is 13.7. The zero-order valence-corrected chi connectivity index (χ0v) is 29.1. The fourth-order valence-corrected chi connectivity index (χ4v) is 5.93. The first kappa shape index (κ1) is 32.7. The number of hydrogen-bond donors (Lipinski definition) is 0. The minimum absolute atomic E-state index is 0.0173. The molecule has 0 saturated heterocycles. The van der Waals surface area contributed by atoms with E-state index in [0.29, 0.717) is 6.61 Å². The summed E-state index contributed by atoms with van der Waals surface area (Å²) in [6, 6.07) is 7.04. The smallest absolute Gasteiger partial charge is 0.201 e. The second kappa shape index (κ2) is 11.8. The summed E-state index contributed by atoms with van der Waals surface area (Å²) in [7, 11) is -0.113. The van der Waals surface area contributed by atoms with E-state index in [1.54, 1.807) is 0 Å². The van der Waals surface area contributed by atoms with Crippen LogP contribution in [0.2, 0.25) is 0 Å². The second-order valence-electron chi connectivity index (χ2n) is 16.3. The Labute approximate surface area is 246 Å². The van der Waals surface area contributed by atoms with Crippen molar-refractivity contribution in [3.63, 3.8) is 0 Å². The van der Waals surface area contributed by atoms with Crippen LogP contribution in [0.25, 0.3) is 21.9 Å². The Balaban J connectivity index is 2.49. The number of fused-ring (bicyclic) bond motifs is 3. The van der Waals surface area contributed by atoms with Crippen LogP contribution >= 0.6 is 8.67 Å². The van der Waals surface area contributed by atoms with E-state index in [0.717, 1.165) is 40.0 Å². The topological polar surface area (TPSA) is 35.5 Å². The molecular weight excluding hydrogens is 511 g/mol. The maximum atomic E-state index is 6.87. The van der Waals surface area contributed by atoms with Gasteiger partial charge in [0.1, 0.15) is 16.9 Å². The molecule has 1 unspecified atom stereocenters. The Morgan fingerprint density at radius 2 is 1.20 bits per heavy atom. The minimum atomic E-state index is -0.113. The molecule has 0 amide bonds. The van der Waals surface area contributed by atoms with Crippen LogP contribution in [0.15, 0.2) is 26.6 Å². The van der Waals surface area contributed by atoms with Crippen LogP contribution in [0.4, 0.5) is 0 Å². The van der Waals surface area contributed by atoms with Gasteiger partial charge in [-0.05, 0) is 51.7 Å². The van der Waals surface area contributed by atoms with Gasteiger partial charge >= 0.3 is 0 Å². The lowest BCUT2D eigenvalue weighted by Gasteiger charge is -2.29. The summed E-state index contributed by atoms with van der Waals surface area (Å²) in [5, 5.41) is 2.17. The highest BCUT2D eigenvalue weighted by Crippen LogP contribution is 2.47. The molecule has 1 heterocycles. The Bertz CT molecular complexity index is 1350. The van der Waals surface area contributed by atoms with Gasteiger partial charge in [0, 0.05) is 22.1 Å².